The summed E-state index contributed by atoms with van der Waals surface area (Å²) in [5, 5.41) is 3.48. The van der Waals surface area contributed by atoms with Gasteiger partial charge in [-0.25, -0.2) is 4.79 Å². The number of nitrogen functional groups attached to an aromatic ring is 1. The summed E-state index contributed by atoms with van der Waals surface area (Å²) in [5.74, 6) is -0.209. The number of amides is 1. The van der Waals surface area contributed by atoms with Gasteiger partial charge in [-0.15, -0.1) is 0 Å². The highest BCUT2D eigenvalue weighted by molar-refractivity contribution is 6.35. The number of hydrogen-bond donors (Lipinski definition) is 3. The Kier molecular flexibility index (Phi) is 8.37. The van der Waals surface area contributed by atoms with Crippen molar-refractivity contribution in [2.24, 2.45) is 5.92 Å². The Bertz CT molecular complexity index is 1020. The van der Waals surface area contributed by atoms with Gasteiger partial charge in [0.25, 0.3) is 5.56 Å². The van der Waals surface area contributed by atoms with Gasteiger partial charge >= 0.3 is 5.69 Å². The van der Waals surface area contributed by atoms with E-state index in [2.05, 4.69) is 10.3 Å². The number of halogens is 2. The molecule has 0 atom stereocenters. The molecular formula is C20H27Cl2N5O3. The van der Waals surface area contributed by atoms with Crippen molar-refractivity contribution < 1.29 is 4.79 Å². The van der Waals surface area contributed by atoms with E-state index in [1.54, 1.807) is 23.1 Å². The van der Waals surface area contributed by atoms with Gasteiger partial charge in [-0.3, -0.25) is 19.1 Å². The quantitative estimate of drug-likeness (QED) is 0.536. The van der Waals surface area contributed by atoms with E-state index in [1.165, 1.54) is 4.57 Å². The van der Waals surface area contributed by atoms with Crippen molar-refractivity contribution in [1.29, 1.82) is 0 Å². The first kappa shape index (κ1) is 23.8. The number of aromatic amines is 1. The molecule has 0 unspecified atom stereocenters. The zero-order valence-corrected chi connectivity index (χ0v) is 18.8. The number of nitrogens with two attached hydrogens (primary N) is 1. The average Bonchev–Trinajstić information content (AvgIpc) is 2.65. The van der Waals surface area contributed by atoms with Crippen molar-refractivity contribution >= 4 is 46.3 Å². The molecule has 1 aromatic heterocycles. The third kappa shape index (κ3) is 6.03. The molecule has 0 aliphatic heterocycles. The van der Waals surface area contributed by atoms with Crippen molar-refractivity contribution in [3.8, 4) is 0 Å². The van der Waals surface area contributed by atoms with Crippen molar-refractivity contribution in [2.75, 3.05) is 29.0 Å². The normalized spacial score (nSPS) is 11.0. The summed E-state index contributed by atoms with van der Waals surface area (Å²) in [6.45, 7) is 6.50. The fourth-order valence-corrected chi connectivity index (χ4v) is 3.34. The van der Waals surface area contributed by atoms with Gasteiger partial charge in [0, 0.05) is 18.1 Å². The first-order valence-corrected chi connectivity index (χ1v) is 10.5. The van der Waals surface area contributed by atoms with Gasteiger partial charge in [0.1, 0.15) is 11.5 Å². The second-order valence-electron chi connectivity index (χ2n) is 7.45. The number of rotatable bonds is 9. The smallest absolute Gasteiger partial charge is 0.330 e. The maximum atomic E-state index is 12.7. The molecule has 2 rings (SSSR count). The minimum atomic E-state index is -0.623. The third-order valence-corrected chi connectivity index (χ3v) is 4.96. The Balaban J connectivity index is 2.38. The topological polar surface area (TPSA) is 113 Å². The molecule has 0 spiro atoms. The van der Waals surface area contributed by atoms with Gasteiger partial charge in [-0.1, -0.05) is 50.4 Å². The highest BCUT2D eigenvalue weighted by atomic mass is 35.5. The molecule has 0 saturated heterocycles. The molecule has 0 bridgehead atoms. The van der Waals surface area contributed by atoms with Crippen LogP contribution in [0.2, 0.25) is 10.0 Å². The number of nitrogens with zero attached hydrogens (tertiary/aromatic N) is 2. The highest BCUT2D eigenvalue weighted by Gasteiger charge is 2.21. The molecule has 8 nitrogen and oxygen atoms in total. The Morgan fingerprint density at radius 2 is 2.00 bits per heavy atom. The van der Waals surface area contributed by atoms with Crippen LogP contribution in [0.15, 0.2) is 27.8 Å². The number of carbonyl (C=O) groups is 1. The Morgan fingerprint density at radius 1 is 1.30 bits per heavy atom. The van der Waals surface area contributed by atoms with E-state index in [-0.39, 0.29) is 24.0 Å². The van der Waals surface area contributed by atoms with Crippen LogP contribution in [-0.4, -0.2) is 28.5 Å². The van der Waals surface area contributed by atoms with Crippen LogP contribution in [0.25, 0.3) is 0 Å². The van der Waals surface area contributed by atoms with Crippen molar-refractivity contribution in [2.45, 2.75) is 40.2 Å². The number of unbranched alkanes of at least 4 members (excludes halogenated alkanes) is 1. The zero-order valence-electron chi connectivity index (χ0n) is 17.3. The van der Waals surface area contributed by atoms with Crippen molar-refractivity contribution in [1.82, 2.24) is 9.55 Å². The van der Waals surface area contributed by atoms with Gasteiger partial charge in [0.15, 0.2) is 0 Å². The predicted molar refractivity (Wildman–Crippen MR) is 123 cm³/mol. The van der Waals surface area contributed by atoms with Crippen LogP contribution in [0, 0.1) is 5.92 Å². The number of H-pyrrole nitrogens is 1. The fourth-order valence-electron chi connectivity index (χ4n) is 3.00. The lowest BCUT2D eigenvalue weighted by molar-refractivity contribution is -0.115. The number of carbonyl (C=O) groups excluding carboxylic acids is 1. The lowest BCUT2D eigenvalue weighted by Crippen LogP contribution is -2.42. The van der Waals surface area contributed by atoms with E-state index < -0.39 is 17.2 Å². The van der Waals surface area contributed by atoms with Crippen LogP contribution in [0.1, 0.15) is 33.6 Å². The lowest BCUT2D eigenvalue weighted by Gasteiger charge is -2.26. The van der Waals surface area contributed by atoms with E-state index in [0.29, 0.717) is 28.8 Å². The van der Waals surface area contributed by atoms with Crippen LogP contribution >= 0.6 is 23.2 Å². The van der Waals surface area contributed by atoms with Crippen molar-refractivity contribution in [3.63, 3.8) is 0 Å². The zero-order chi connectivity index (χ0) is 22.4. The largest absolute Gasteiger partial charge is 0.383 e. The summed E-state index contributed by atoms with van der Waals surface area (Å²) in [7, 11) is 0. The van der Waals surface area contributed by atoms with Gasteiger partial charge < -0.3 is 16.0 Å². The van der Waals surface area contributed by atoms with E-state index in [4.69, 9.17) is 28.9 Å². The first-order valence-electron chi connectivity index (χ1n) is 9.76. The van der Waals surface area contributed by atoms with E-state index in [1.807, 2.05) is 20.8 Å². The summed E-state index contributed by atoms with van der Waals surface area (Å²) < 4.78 is 1.33. The second-order valence-corrected chi connectivity index (χ2v) is 8.29. The van der Waals surface area contributed by atoms with Crippen LogP contribution in [-0.2, 0) is 11.3 Å². The maximum Gasteiger partial charge on any atom is 0.330 e. The molecule has 0 saturated carbocycles. The molecule has 0 aliphatic rings. The Morgan fingerprint density at radius 3 is 2.63 bits per heavy atom. The second kappa shape index (κ2) is 10.5. The van der Waals surface area contributed by atoms with E-state index in [0.717, 1.165) is 12.8 Å². The summed E-state index contributed by atoms with van der Waals surface area (Å²) in [6, 6.07) is 4.74. The molecule has 2 aromatic rings. The van der Waals surface area contributed by atoms with Crippen LogP contribution in [0.4, 0.5) is 17.2 Å². The molecule has 0 aliphatic carbocycles. The van der Waals surface area contributed by atoms with Gasteiger partial charge in [0.2, 0.25) is 5.91 Å². The predicted octanol–water partition coefficient (Wildman–Crippen LogP) is 3.33. The minimum absolute atomic E-state index is 0.0436. The molecule has 0 fully saturated rings. The summed E-state index contributed by atoms with van der Waals surface area (Å²) >= 11 is 12.1. The summed E-state index contributed by atoms with van der Waals surface area (Å²) in [6.07, 6.45) is 1.58. The molecule has 1 amide bonds. The number of nitrogens with one attached hydrogen (secondary N) is 2. The van der Waals surface area contributed by atoms with E-state index >= 15 is 0 Å². The molecular weight excluding hydrogens is 429 g/mol. The Hall–Kier alpha value is -2.45. The Labute approximate surface area is 185 Å². The highest BCUT2D eigenvalue weighted by Crippen LogP contribution is 2.25. The monoisotopic (exact) mass is 455 g/mol. The average molecular weight is 456 g/mol. The summed E-state index contributed by atoms with van der Waals surface area (Å²) in [4.78, 5) is 41.4. The molecule has 1 aromatic carbocycles. The molecule has 4 N–H and O–H groups in total. The number of aromatic nitrogens is 2. The lowest BCUT2D eigenvalue weighted by atomic mass is 10.2. The number of hydrogen-bond acceptors (Lipinski definition) is 5. The van der Waals surface area contributed by atoms with E-state index in [9.17, 15) is 14.4 Å². The van der Waals surface area contributed by atoms with Crippen LogP contribution in [0.5, 0.6) is 0 Å². The SMILES string of the molecule is CCCCN(CC(=O)Nc1cc(Cl)ccc1Cl)c1c(N)n(CC(C)C)c(=O)[nH]c1=O. The van der Waals surface area contributed by atoms with Crippen LogP contribution < -0.4 is 27.2 Å². The molecule has 0 radical (unpaired) electrons. The van der Waals surface area contributed by atoms with Crippen LogP contribution in [0.3, 0.4) is 0 Å². The molecule has 1 heterocycles. The first-order chi connectivity index (χ1) is 14.1. The molecule has 10 heteroatoms. The molecule has 164 valence electrons. The third-order valence-electron chi connectivity index (χ3n) is 4.40. The number of anilines is 3. The number of benzene rings is 1. The van der Waals surface area contributed by atoms with Gasteiger partial charge in [0.05, 0.1) is 17.3 Å². The minimum Gasteiger partial charge on any atom is -0.383 e. The van der Waals surface area contributed by atoms with Gasteiger partial charge in [-0.05, 0) is 30.5 Å². The summed E-state index contributed by atoms with van der Waals surface area (Å²) in [5.41, 5.74) is 5.50. The van der Waals surface area contributed by atoms with Gasteiger partial charge in [-0.2, -0.15) is 0 Å². The van der Waals surface area contributed by atoms with Crippen molar-refractivity contribution in [3.05, 3.63) is 49.1 Å². The maximum absolute atomic E-state index is 12.7. The molecule has 30 heavy (non-hydrogen) atoms. The standard InChI is InChI=1S/C20H27Cl2N5O3/c1-4-5-8-26(11-16(28)24-15-9-13(21)6-7-14(15)22)17-18(23)27(10-12(2)3)20(30)25-19(17)29/h6-7,9,12H,4-5,8,10-11,23H2,1-3H3,(H,24,28)(H,25,29,30). The fraction of sp³-hybridized carbons (Fsp3) is 0.450.